The first kappa shape index (κ1) is 13.3. The third-order valence-electron chi connectivity index (χ3n) is 3.15. The molecule has 4 heteroatoms. The van der Waals surface area contributed by atoms with E-state index in [1.54, 1.807) is 0 Å². The van der Waals surface area contributed by atoms with E-state index < -0.39 is 0 Å². The monoisotopic (exact) mass is 258 g/mol. The van der Waals surface area contributed by atoms with Crippen molar-refractivity contribution in [2.24, 2.45) is 0 Å². The van der Waals surface area contributed by atoms with Crippen LogP contribution in [0.1, 0.15) is 31.9 Å². The number of aromatic hydroxyl groups is 1. The molecule has 0 radical (unpaired) electrons. The molecule has 0 amide bonds. The lowest BCUT2D eigenvalue weighted by Gasteiger charge is -2.19. The van der Waals surface area contributed by atoms with E-state index in [9.17, 15) is 9.90 Å². The zero-order chi connectivity index (χ0) is 14.2. The molecule has 19 heavy (non-hydrogen) atoms. The van der Waals surface area contributed by atoms with Gasteiger partial charge in [-0.1, -0.05) is 45.0 Å². The average Bonchev–Trinajstić information content (AvgIpc) is 2.34. The highest BCUT2D eigenvalue weighted by Gasteiger charge is 2.14. The van der Waals surface area contributed by atoms with Crippen LogP contribution >= 0.6 is 0 Å². The second kappa shape index (κ2) is 4.53. The summed E-state index contributed by atoms with van der Waals surface area (Å²) in [6.07, 6.45) is 0. The number of aromatic nitrogens is 2. The molecule has 0 aliphatic carbocycles. The summed E-state index contributed by atoms with van der Waals surface area (Å²) in [6, 6.07) is 7.81. The van der Waals surface area contributed by atoms with Gasteiger partial charge in [-0.05, 0) is 17.9 Å². The highest BCUT2D eigenvalue weighted by atomic mass is 16.3. The summed E-state index contributed by atoms with van der Waals surface area (Å²) < 4.78 is 0. The Morgan fingerprint density at radius 1 is 1.16 bits per heavy atom. The summed E-state index contributed by atoms with van der Waals surface area (Å²) in [5.41, 5.74) is 1.97. The van der Waals surface area contributed by atoms with Crippen molar-refractivity contribution in [3.8, 4) is 17.3 Å². The zero-order valence-electron chi connectivity index (χ0n) is 11.6. The van der Waals surface area contributed by atoms with Crippen LogP contribution in [-0.2, 0) is 5.41 Å². The summed E-state index contributed by atoms with van der Waals surface area (Å²) >= 11 is 0. The molecule has 0 unspecified atom stereocenters. The van der Waals surface area contributed by atoms with Crippen LogP contribution in [0, 0.1) is 6.92 Å². The minimum absolute atomic E-state index is 0.0782. The summed E-state index contributed by atoms with van der Waals surface area (Å²) in [7, 11) is 0. The molecule has 1 aromatic carbocycles. The standard InChI is InChI=1S/C15H18N2O2/c1-9-13(18)16-12(17-14(9)19)10-5-7-11(8-6-10)15(2,3)4/h5-8H,1-4H3,(H2,16,17,18,19). The maximum atomic E-state index is 11.6. The molecule has 2 rings (SSSR count). The summed E-state index contributed by atoms with van der Waals surface area (Å²) in [6.45, 7) is 7.95. The summed E-state index contributed by atoms with van der Waals surface area (Å²) in [4.78, 5) is 18.3. The van der Waals surface area contributed by atoms with E-state index >= 15 is 0 Å². The highest BCUT2D eigenvalue weighted by Crippen LogP contribution is 2.25. The van der Waals surface area contributed by atoms with Gasteiger partial charge in [-0.15, -0.1) is 0 Å². The van der Waals surface area contributed by atoms with E-state index in [1.807, 2.05) is 24.3 Å². The molecule has 0 bridgehead atoms. The molecular formula is C15H18N2O2. The molecule has 1 heterocycles. The maximum Gasteiger partial charge on any atom is 0.257 e. The lowest BCUT2D eigenvalue weighted by Crippen LogP contribution is -2.13. The van der Waals surface area contributed by atoms with Gasteiger partial charge in [-0.2, -0.15) is 4.98 Å². The molecule has 2 N–H and O–H groups in total. The van der Waals surface area contributed by atoms with E-state index in [0.29, 0.717) is 5.82 Å². The predicted octanol–water partition coefficient (Wildman–Crippen LogP) is 2.75. The van der Waals surface area contributed by atoms with Gasteiger partial charge >= 0.3 is 0 Å². The second-order valence-electron chi connectivity index (χ2n) is 5.69. The van der Waals surface area contributed by atoms with Gasteiger partial charge in [-0.3, -0.25) is 4.79 Å². The lowest BCUT2D eigenvalue weighted by molar-refractivity contribution is 0.447. The molecule has 100 valence electrons. The number of rotatable bonds is 1. The quantitative estimate of drug-likeness (QED) is 0.826. The molecule has 0 aliphatic heterocycles. The third kappa shape index (κ3) is 2.67. The van der Waals surface area contributed by atoms with Crippen LogP contribution in [0.15, 0.2) is 29.1 Å². The van der Waals surface area contributed by atoms with Crippen LogP contribution < -0.4 is 5.56 Å². The van der Waals surface area contributed by atoms with Gasteiger partial charge in [0.2, 0.25) is 5.88 Å². The molecule has 0 spiro atoms. The fourth-order valence-corrected chi connectivity index (χ4v) is 1.79. The highest BCUT2D eigenvalue weighted by molar-refractivity contribution is 5.56. The van der Waals surface area contributed by atoms with Gasteiger partial charge in [0.1, 0.15) is 5.82 Å². The zero-order valence-corrected chi connectivity index (χ0v) is 11.6. The number of hydrogen-bond acceptors (Lipinski definition) is 3. The first-order chi connectivity index (χ1) is 8.79. The van der Waals surface area contributed by atoms with Gasteiger partial charge in [0.15, 0.2) is 0 Å². The van der Waals surface area contributed by atoms with Crippen LogP contribution in [0.25, 0.3) is 11.4 Å². The Morgan fingerprint density at radius 3 is 2.21 bits per heavy atom. The predicted molar refractivity (Wildman–Crippen MR) is 75.4 cm³/mol. The van der Waals surface area contributed by atoms with Crippen molar-refractivity contribution >= 4 is 0 Å². The molecule has 0 saturated heterocycles. The Kier molecular flexibility index (Phi) is 3.18. The van der Waals surface area contributed by atoms with Gasteiger partial charge in [0.05, 0.1) is 5.56 Å². The first-order valence-corrected chi connectivity index (χ1v) is 6.20. The Hall–Kier alpha value is -2.10. The second-order valence-corrected chi connectivity index (χ2v) is 5.69. The van der Waals surface area contributed by atoms with Crippen LogP contribution in [-0.4, -0.2) is 15.1 Å². The van der Waals surface area contributed by atoms with E-state index in [2.05, 4.69) is 30.7 Å². The summed E-state index contributed by atoms with van der Waals surface area (Å²) in [5.74, 6) is 0.159. The molecule has 0 atom stereocenters. The number of benzene rings is 1. The van der Waals surface area contributed by atoms with E-state index in [4.69, 9.17) is 0 Å². The van der Waals surface area contributed by atoms with Crippen LogP contribution in [0.3, 0.4) is 0 Å². The SMILES string of the molecule is Cc1c(O)nc(-c2ccc(C(C)(C)C)cc2)[nH]c1=O. The number of H-pyrrole nitrogens is 1. The Bertz CT molecular complexity index is 649. The van der Waals surface area contributed by atoms with Crippen LogP contribution in [0.5, 0.6) is 5.88 Å². The number of nitrogens with one attached hydrogen (secondary N) is 1. The smallest absolute Gasteiger partial charge is 0.257 e. The molecule has 0 saturated carbocycles. The topological polar surface area (TPSA) is 66.0 Å². The number of hydrogen-bond donors (Lipinski definition) is 2. The molecule has 4 nitrogen and oxygen atoms in total. The molecular weight excluding hydrogens is 240 g/mol. The third-order valence-corrected chi connectivity index (χ3v) is 3.15. The molecule has 0 fully saturated rings. The molecule has 0 aliphatic rings. The van der Waals surface area contributed by atoms with Gasteiger partial charge < -0.3 is 10.1 Å². The Balaban J connectivity index is 2.46. The van der Waals surface area contributed by atoms with E-state index in [0.717, 1.165) is 5.56 Å². The number of aromatic amines is 1. The van der Waals surface area contributed by atoms with E-state index in [-0.39, 0.29) is 22.4 Å². The summed E-state index contributed by atoms with van der Waals surface area (Å²) in [5, 5.41) is 9.59. The maximum absolute atomic E-state index is 11.6. The van der Waals surface area contributed by atoms with Crippen molar-refractivity contribution in [3.05, 3.63) is 45.7 Å². The van der Waals surface area contributed by atoms with Crippen LogP contribution in [0.2, 0.25) is 0 Å². The van der Waals surface area contributed by atoms with Crippen molar-refractivity contribution in [1.82, 2.24) is 9.97 Å². The first-order valence-electron chi connectivity index (χ1n) is 6.20. The van der Waals surface area contributed by atoms with Gasteiger partial charge in [0, 0.05) is 5.56 Å². The van der Waals surface area contributed by atoms with Gasteiger partial charge in [-0.25, -0.2) is 0 Å². The minimum Gasteiger partial charge on any atom is -0.493 e. The van der Waals surface area contributed by atoms with Crippen molar-refractivity contribution in [2.75, 3.05) is 0 Å². The van der Waals surface area contributed by atoms with Crippen molar-refractivity contribution in [3.63, 3.8) is 0 Å². The molecule has 1 aromatic heterocycles. The Morgan fingerprint density at radius 2 is 1.74 bits per heavy atom. The largest absolute Gasteiger partial charge is 0.493 e. The van der Waals surface area contributed by atoms with Crippen molar-refractivity contribution < 1.29 is 5.11 Å². The minimum atomic E-state index is -0.317. The van der Waals surface area contributed by atoms with E-state index in [1.165, 1.54) is 12.5 Å². The molecule has 2 aromatic rings. The van der Waals surface area contributed by atoms with Crippen LogP contribution in [0.4, 0.5) is 0 Å². The number of nitrogens with zero attached hydrogens (tertiary/aromatic N) is 1. The van der Waals surface area contributed by atoms with Gasteiger partial charge in [0.25, 0.3) is 5.56 Å². The van der Waals surface area contributed by atoms with Crippen molar-refractivity contribution in [1.29, 1.82) is 0 Å². The fourth-order valence-electron chi connectivity index (χ4n) is 1.79. The lowest BCUT2D eigenvalue weighted by atomic mass is 9.87. The fraction of sp³-hybridized carbons (Fsp3) is 0.333. The van der Waals surface area contributed by atoms with Crippen molar-refractivity contribution in [2.45, 2.75) is 33.1 Å². The average molecular weight is 258 g/mol. The Labute approximate surface area is 112 Å². The normalized spacial score (nSPS) is 11.6.